The lowest BCUT2D eigenvalue weighted by Crippen LogP contribution is -2.45. The Labute approximate surface area is 198 Å². The zero-order chi connectivity index (χ0) is 27.2. The van der Waals surface area contributed by atoms with E-state index in [1.165, 1.54) is 0 Å². The third-order valence-corrected chi connectivity index (χ3v) is 6.27. The topological polar surface area (TPSA) is 40.5 Å². The zero-order valence-corrected chi connectivity index (χ0v) is 18.4. The van der Waals surface area contributed by atoms with Crippen molar-refractivity contribution in [1.29, 1.82) is 0 Å². The van der Waals surface area contributed by atoms with Gasteiger partial charge in [0, 0.05) is 12.0 Å². The molecule has 0 spiro atoms. The van der Waals surface area contributed by atoms with E-state index in [0.717, 1.165) is 11.0 Å². The number of hydrogen-bond donors (Lipinski definition) is 1. The van der Waals surface area contributed by atoms with Gasteiger partial charge >= 0.3 is 24.6 Å². The standard InChI is InChI=1S/C23H19F10NO2/c1-2-15-9-16(17-8-12(21(25,26)27)3-4-19(17)34(15)20(35)36)18(10-24)11-5-13(22(28,29)30)7-14(6-11)23(31,32)33/h3-8,15-16,18H,2,9-10H2,1H3,(H,35,36). The molecule has 0 saturated heterocycles. The molecule has 1 aliphatic rings. The third kappa shape index (κ3) is 5.39. The maximum atomic E-state index is 14.4. The summed E-state index contributed by atoms with van der Waals surface area (Å²) in [6.45, 7) is 0.0473. The van der Waals surface area contributed by atoms with E-state index in [1.807, 2.05) is 0 Å². The number of halogens is 10. The first-order valence-corrected chi connectivity index (χ1v) is 10.6. The highest BCUT2D eigenvalue weighted by atomic mass is 19.4. The molecule has 1 N–H and O–H groups in total. The van der Waals surface area contributed by atoms with E-state index in [1.54, 1.807) is 6.92 Å². The average molecular weight is 531 g/mol. The molecule has 2 aromatic carbocycles. The highest BCUT2D eigenvalue weighted by molar-refractivity contribution is 5.89. The lowest BCUT2D eigenvalue weighted by Gasteiger charge is -2.42. The van der Waals surface area contributed by atoms with Crippen LogP contribution in [0.2, 0.25) is 0 Å². The van der Waals surface area contributed by atoms with E-state index in [0.29, 0.717) is 24.3 Å². The van der Waals surface area contributed by atoms with E-state index < -0.39 is 71.4 Å². The van der Waals surface area contributed by atoms with Gasteiger partial charge in [-0.25, -0.2) is 4.79 Å². The molecule has 1 amide bonds. The highest BCUT2D eigenvalue weighted by Crippen LogP contribution is 2.49. The number of amides is 1. The lowest BCUT2D eigenvalue weighted by molar-refractivity contribution is -0.143. The van der Waals surface area contributed by atoms with E-state index in [4.69, 9.17) is 0 Å². The van der Waals surface area contributed by atoms with Crippen molar-refractivity contribution >= 4 is 11.8 Å². The van der Waals surface area contributed by atoms with Crippen molar-refractivity contribution in [2.45, 2.75) is 56.2 Å². The molecule has 36 heavy (non-hydrogen) atoms. The molecular weight excluding hydrogens is 512 g/mol. The van der Waals surface area contributed by atoms with Gasteiger partial charge in [-0.3, -0.25) is 9.29 Å². The van der Waals surface area contributed by atoms with Crippen LogP contribution in [-0.2, 0) is 18.5 Å². The molecule has 0 aliphatic carbocycles. The summed E-state index contributed by atoms with van der Waals surface area (Å²) in [4.78, 5) is 12.7. The Hall–Kier alpha value is -2.99. The van der Waals surface area contributed by atoms with Crippen LogP contribution in [0.3, 0.4) is 0 Å². The SMILES string of the molecule is CCC1CC(C(CF)c2cc(C(F)(F)F)cc(C(F)(F)F)c2)c2cc(C(F)(F)F)ccc2N1C(=O)O. The first-order valence-electron chi connectivity index (χ1n) is 10.6. The van der Waals surface area contributed by atoms with E-state index in [9.17, 15) is 53.8 Å². The molecule has 1 heterocycles. The van der Waals surface area contributed by atoms with Crippen LogP contribution in [0, 0.1) is 0 Å². The van der Waals surface area contributed by atoms with Gasteiger partial charge < -0.3 is 5.11 Å². The normalized spacial score (nSPS) is 19.7. The van der Waals surface area contributed by atoms with Gasteiger partial charge in [-0.2, -0.15) is 39.5 Å². The molecule has 0 fully saturated rings. The van der Waals surface area contributed by atoms with Crippen molar-refractivity contribution in [2.75, 3.05) is 11.6 Å². The van der Waals surface area contributed by atoms with Crippen molar-refractivity contribution in [2.24, 2.45) is 0 Å². The second-order valence-electron chi connectivity index (χ2n) is 8.43. The molecule has 3 atom stereocenters. The first-order chi connectivity index (χ1) is 16.5. The lowest BCUT2D eigenvalue weighted by atomic mass is 9.74. The fourth-order valence-corrected chi connectivity index (χ4v) is 4.58. The number of hydrogen-bond acceptors (Lipinski definition) is 1. The second kappa shape index (κ2) is 9.47. The Balaban J connectivity index is 2.27. The van der Waals surface area contributed by atoms with Crippen LogP contribution < -0.4 is 4.90 Å². The van der Waals surface area contributed by atoms with Gasteiger partial charge in [0.2, 0.25) is 0 Å². The summed E-state index contributed by atoms with van der Waals surface area (Å²) in [6.07, 6.45) is -17.0. The number of nitrogens with zero attached hydrogens (tertiary/aromatic N) is 1. The summed E-state index contributed by atoms with van der Waals surface area (Å²) < 4.78 is 135. The number of carbonyl (C=O) groups is 1. The Bertz CT molecular complexity index is 1090. The Morgan fingerprint density at radius 3 is 1.86 bits per heavy atom. The molecule has 0 bridgehead atoms. The molecule has 198 valence electrons. The fourth-order valence-electron chi connectivity index (χ4n) is 4.58. The number of anilines is 1. The monoisotopic (exact) mass is 531 g/mol. The summed E-state index contributed by atoms with van der Waals surface area (Å²) in [5.41, 5.74) is -5.86. The molecule has 1 aliphatic heterocycles. The van der Waals surface area contributed by atoms with Crippen molar-refractivity contribution in [3.63, 3.8) is 0 Å². The van der Waals surface area contributed by atoms with E-state index >= 15 is 0 Å². The smallest absolute Gasteiger partial charge is 0.416 e. The molecule has 13 heteroatoms. The summed E-state index contributed by atoms with van der Waals surface area (Å²) in [5.74, 6) is -3.04. The number of benzene rings is 2. The van der Waals surface area contributed by atoms with Crippen LogP contribution >= 0.6 is 0 Å². The van der Waals surface area contributed by atoms with Crippen LogP contribution in [0.25, 0.3) is 0 Å². The van der Waals surface area contributed by atoms with Gasteiger partial charge in [0.1, 0.15) is 0 Å². The largest absolute Gasteiger partial charge is 0.465 e. The van der Waals surface area contributed by atoms with Crippen molar-refractivity contribution < 1.29 is 53.8 Å². The quantitative estimate of drug-likeness (QED) is 0.404. The van der Waals surface area contributed by atoms with Crippen molar-refractivity contribution in [3.8, 4) is 0 Å². The molecule has 3 rings (SSSR count). The maximum absolute atomic E-state index is 14.4. The molecule has 2 aromatic rings. The van der Waals surface area contributed by atoms with Gasteiger partial charge in [0.15, 0.2) is 0 Å². The highest BCUT2D eigenvalue weighted by Gasteiger charge is 2.43. The molecule has 0 aromatic heterocycles. The Morgan fingerprint density at radius 1 is 0.917 bits per heavy atom. The Morgan fingerprint density at radius 2 is 1.44 bits per heavy atom. The second-order valence-corrected chi connectivity index (χ2v) is 8.43. The summed E-state index contributed by atoms with van der Waals surface area (Å²) in [6, 6.07) is 1.70. The Kier molecular flexibility index (Phi) is 7.26. The molecule has 3 nitrogen and oxygen atoms in total. The van der Waals surface area contributed by atoms with Gasteiger partial charge in [-0.1, -0.05) is 6.92 Å². The zero-order valence-electron chi connectivity index (χ0n) is 18.4. The van der Waals surface area contributed by atoms with Gasteiger partial charge in [-0.15, -0.1) is 0 Å². The number of carboxylic acid groups (broad SMARTS) is 1. The van der Waals surface area contributed by atoms with Crippen molar-refractivity contribution in [1.82, 2.24) is 0 Å². The van der Waals surface area contributed by atoms with Crippen molar-refractivity contribution in [3.05, 3.63) is 64.2 Å². The van der Waals surface area contributed by atoms with E-state index in [2.05, 4.69) is 0 Å². The average Bonchev–Trinajstić information content (AvgIpc) is 2.76. The molecule has 0 saturated carbocycles. The van der Waals surface area contributed by atoms with E-state index in [-0.39, 0.29) is 30.2 Å². The predicted molar refractivity (Wildman–Crippen MR) is 109 cm³/mol. The predicted octanol–water partition coefficient (Wildman–Crippen LogP) is 8.25. The molecule has 3 unspecified atom stereocenters. The maximum Gasteiger partial charge on any atom is 0.416 e. The third-order valence-electron chi connectivity index (χ3n) is 6.27. The van der Waals surface area contributed by atoms with Gasteiger partial charge in [-0.05, 0) is 66.3 Å². The van der Waals surface area contributed by atoms with Crippen LogP contribution in [0.15, 0.2) is 36.4 Å². The minimum Gasteiger partial charge on any atom is -0.465 e. The number of alkyl halides is 10. The molecule has 0 radical (unpaired) electrons. The number of fused-ring (bicyclic) bond motifs is 1. The van der Waals surface area contributed by atoms with Crippen LogP contribution in [0.4, 0.5) is 54.4 Å². The van der Waals surface area contributed by atoms with Gasteiger partial charge in [0.05, 0.1) is 29.1 Å². The van der Waals surface area contributed by atoms with Crippen LogP contribution in [0.1, 0.15) is 59.4 Å². The summed E-state index contributed by atoms with van der Waals surface area (Å²) in [5, 5.41) is 9.65. The minimum atomic E-state index is -5.21. The number of rotatable bonds is 4. The molecular formula is C23H19F10NO2. The fraction of sp³-hybridized carbons (Fsp3) is 0.435. The minimum absolute atomic E-state index is 0.110. The van der Waals surface area contributed by atoms with Crippen LogP contribution in [-0.4, -0.2) is 23.9 Å². The summed E-state index contributed by atoms with van der Waals surface area (Å²) >= 11 is 0. The summed E-state index contributed by atoms with van der Waals surface area (Å²) in [7, 11) is 0. The van der Waals surface area contributed by atoms with Crippen LogP contribution in [0.5, 0.6) is 0 Å². The first kappa shape index (κ1) is 27.6. The van der Waals surface area contributed by atoms with Gasteiger partial charge in [0.25, 0.3) is 0 Å².